The van der Waals surface area contributed by atoms with Gasteiger partial charge in [0.25, 0.3) is 0 Å². The number of carbonyl (C=O) groups excluding carboxylic acids is 1. The Morgan fingerprint density at radius 3 is 2.47 bits per heavy atom. The summed E-state index contributed by atoms with van der Waals surface area (Å²) in [4.78, 5) is 11.8. The molecule has 0 aliphatic heterocycles. The van der Waals surface area contributed by atoms with Crippen LogP contribution >= 0.6 is 0 Å². The zero-order valence-electron chi connectivity index (χ0n) is 11.3. The van der Waals surface area contributed by atoms with E-state index in [-0.39, 0.29) is 24.2 Å². The van der Waals surface area contributed by atoms with Crippen LogP contribution < -0.4 is 10.6 Å². The molecule has 1 amide bonds. The van der Waals surface area contributed by atoms with Crippen LogP contribution in [0.25, 0.3) is 0 Å². The van der Waals surface area contributed by atoms with Crippen LogP contribution in [-0.2, 0) is 4.79 Å². The number of halogens is 1. The van der Waals surface area contributed by atoms with Gasteiger partial charge in [0.05, 0.1) is 12.6 Å². The molecule has 19 heavy (non-hydrogen) atoms. The van der Waals surface area contributed by atoms with Gasteiger partial charge in [-0.3, -0.25) is 4.79 Å². The molecule has 0 aromatic heterocycles. The Hall–Kier alpha value is -2.09. The number of hydrogen-bond donors (Lipinski definition) is 2. The highest BCUT2D eigenvalue weighted by atomic mass is 19.1. The van der Waals surface area contributed by atoms with Gasteiger partial charge in [-0.1, -0.05) is 13.8 Å². The summed E-state index contributed by atoms with van der Waals surface area (Å²) in [5.41, 5.74) is -0.235. The third kappa shape index (κ3) is 4.25. The Balaban J connectivity index is 2.53. The highest BCUT2D eigenvalue weighted by Gasteiger charge is 2.29. The highest BCUT2D eigenvalue weighted by Crippen LogP contribution is 2.15. The monoisotopic (exact) mass is 263 g/mol. The van der Waals surface area contributed by atoms with Crippen molar-refractivity contribution in [1.29, 1.82) is 5.26 Å². The second-order valence-corrected chi connectivity index (χ2v) is 4.88. The maximum atomic E-state index is 12.7. The zero-order chi connectivity index (χ0) is 14.5. The normalized spacial score (nSPS) is 13.5. The minimum atomic E-state index is -0.887. The number of anilines is 1. The lowest BCUT2D eigenvalue weighted by Crippen LogP contribution is -2.50. The van der Waals surface area contributed by atoms with Gasteiger partial charge in [0.1, 0.15) is 11.4 Å². The maximum absolute atomic E-state index is 12.7. The number of benzene rings is 1. The summed E-state index contributed by atoms with van der Waals surface area (Å²) in [6, 6.07) is 7.83. The molecule has 1 aromatic carbocycles. The van der Waals surface area contributed by atoms with Gasteiger partial charge < -0.3 is 10.6 Å². The van der Waals surface area contributed by atoms with E-state index in [2.05, 4.69) is 16.7 Å². The molecule has 0 heterocycles. The van der Waals surface area contributed by atoms with Crippen molar-refractivity contribution in [2.24, 2.45) is 5.92 Å². The van der Waals surface area contributed by atoms with Gasteiger partial charge in [0, 0.05) is 5.69 Å². The first-order chi connectivity index (χ1) is 8.87. The average molecular weight is 263 g/mol. The minimum absolute atomic E-state index is 0.00673. The van der Waals surface area contributed by atoms with E-state index in [1.807, 2.05) is 13.8 Å². The number of nitriles is 1. The topological polar surface area (TPSA) is 64.9 Å². The van der Waals surface area contributed by atoms with Gasteiger partial charge in [0.15, 0.2) is 0 Å². The fourth-order valence-electron chi connectivity index (χ4n) is 1.39. The molecule has 0 saturated carbocycles. The van der Waals surface area contributed by atoms with E-state index in [4.69, 9.17) is 5.26 Å². The third-order valence-corrected chi connectivity index (χ3v) is 3.08. The van der Waals surface area contributed by atoms with Gasteiger partial charge in [-0.15, -0.1) is 0 Å². The summed E-state index contributed by atoms with van der Waals surface area (Å²) < 4.78 is 12.7. The Kier molecular flexibility index (Phi) is 4.87. The molecule has 1 rings (SSSR count). The summed E-state index contributed by atoms with van der Waals surface area (Å²) in [5.74, 6) is -0.596. The van der Waals surface area contributed by atoms with E-state index in [0.717, 1.165) is 0 Å². The number of hydrogen-bond acceptors (Lipinski definition) is 3. The SMILES string of the molecule is CC(C)[C@](C)(C#N)NC(=O)CNc1ccc(F)cc1. The molecule has 0 radical (unpaired) electrons. The lowest BCUT2D eigenvalue weighted by atomic mass is 9.90. The summed E-state index contributed by atoms with van der Waals surface area (Å²) in [6.45, 7) is 5.47. The molecule has 1 atom stereocenters. The number of nitrogens with zero attached hydrogens (tertiary/aromatic N) is 1. The van der Waals surface area contributed by atoms with Gasteiger partial charge >= 0.3 is 0 Å². The Labute approximate surface area is 112 Å². The molecule has 0 unspecified atom stereocenters. The molecule has 4 nitrogen and oxygen atoms in total. The Morgan fingerprint density at radius 2 is 2.00 bits per heavy atom. The van der Waals surface area contributed by atoms with Crippen LogP contribution in [0.3, 0.4) is 0 Å². The summed E-state index contributed by atoms with van der Waals surface area (Å²) >= 11 is 0. The van der Waals surface area contributed by atoms with Crippen molar-refractivity contribution in [1.82, 2.24) is 5.32 Å². The molecule has 1 aromatic rings. The van der Waals surface area contributed by atoms with E-state index in [9.17, 15) is 9.18 Å². The molecule has 0 saturated heterocycles. The second-order valence-electron chi connectivity index (χ2n) is 4.88. The predicted octanol–water partition coefficient (Wildman–Crippen LogP) is 2.29. The molecule has 0 bridgehead atoms. The first-order valence-corrected chi connectivity index (χ1v) is 6.09. The fraction of sp³-hybridized carbons (Fsp3) is 0.429. The van der Waals surface area contributed by atoms with Crippen molar-refractivity contribution in [2.45, 2.75) is 26.3 Å². The largest absolute Gasteiger partial charge is 0.376 e. The van der Waals surface area contributed by atoms with Crippen molar-refractivity contribution in [3.8, 4) is 6.07 Å². The molecule has 2 N–H and O–H groups in total. The Bertz CT molecular complexity index is 478. The van der Waals surface area contributed by atoms with Crippen LogP contribution in [0.4, 0.5) is 10.1 Å². The van der Waals surface area contributed by atoms with Gasteiger partial charge in [0.2, 0.25) is 5.91 Å². The highest BCUT2D eigenvalue weighted by molar-refractivity contribution is 5.81. The van der Waals surface area contributed by atoms with Crippen molar-refractivity contribution < 1.29 is 9.18 Å². The van der Waals surface area contributed by atoms with Crippen molar-refractivity contribution >= 4 is 11.6 Å². The molecule has 0 aliphatic carbocycles. The zero-order valence-corrected chi connectivity index (χ0v) is 11.3. The second kappa shape index (κ2) is 6.19. The molecule has 102 valence electrons. The predicted molar refractivity (Wildman–Crippen MR) is 71.9 cm³/mol. The number of carbonyl (C=O) groups is 1. The van der Waals surface area contributed by atoms with E-state index in [1.54, 1.807) is 19.1 Å². The van der Waals surface area contributed by atoms with Crippen molar-refractivity contribution in [3.05, 3.63) is 30.1 Å². The minimum Gasteiger partial charge on any atom is -0.376 e. The van der Waals surface area contributed by atoms with Gasteiger partial charge in [-0.25, -0.2) is 4.39 Å². The standard InChI is InChI=1S/C14H18FN3O/c1-10(2)14(3,9-16)18-13(19)8-17-12-6-4-11(15)5-7-12/h4-7,10,17H,8H2,1-3H3,(H,18,19)/t14-/m0/s1. The molecule has 0 aliphatic rings. The summed E-state index contributed by atoms with van der Waals surface area (Å²) in [6.07, 6.45) is 0. The smallest absolute Gasteiger partial charge is 0.240 e. The van der Waals surface area contributed by atoms with Crippen LogP contribution in [0.2, 0.25) is 0 Å². The molecule has 5 heteroatoms. The number of rotatable bonds is 5. The molecule has 0 fully saturated rings. The first kappa shape index (κ1) is 15.0. The van der Waals surface area contributed by atoms with E-state index >= 15 is 0 Å². The van der Waals surface area contributed by atoms with Crippen LogP contribution in [0.5, 0.6) is 0 Å². The lowest BCUT2D eigenvalue weighted by Gasteiger charge is -2.27. The fourth-order valence-corrected chi connectivity index (χ4v) is 1.39. The molecular formula is C14H18FN3O. The lowest BCUT2D eigenvalue weighted by molar-refractivity contribution is -0.121. The Morgan fingerprint density at radius 1 is 1.42 bits per heavy atom. The maximum Gasteiger partial charge on any atom is 0.240 e. The van der Waals surface area contributed by atoms with Gasteiger partial charge in [-0.2, -0.15) is 5.26 Å². The van der Waals surface area contributed by atoms with Gasteiger partial charge in [-0.05, 0) is 37.1 Å². The van der Waals surface area contributed by atoms with Crippen LogP contribution in [-0.4, -0.2) is 18.0 Å². The number of amides is 1. The van der Waals surface area contributed by atoms with Crippen molar-refractivity contribution in [3.63, 3.8) is 0 Å². The van der Waals surface area contributed by atoms with E-state index in [0.29, 0.717) is 5.69 Å². The van der Waals surface area contributed by atoms with Crippen LogP contribution in [0.15, 0.2) is 24.3 Å². The quantitative estimate of drug-likeness (QED) is 0.856. The average Bonchev–Trinajstić information content (AvgIpc) is 2.37. The first-order valence-electron chi connectivity index (χ1n) is 6.09. The summed E-state index contributed by atoms with van der Waals surface area (Å²) in [7, 11) is 0. The van der Waals surface area contributed by atoms with Crippen LogP contribution in [0.1, 0.15) is 20.8 Å². The van der Waals surface area contributed by atoms with E-state index < -0.39 is 5.54 Å². The van der Waals surface area contributed by atoms with E-state index in [1.165, 1.54) is 12.1 Å². The summed E-state index contributed by atoms with van der Waals surface area (Å²) in [5, 5.41) is 14.7. The molecule has 0 spiro atoms. The van der Waals surface area contributed by atoms with Crippen molar-refractivity contribution in [2.75, 3.05) is 11.9 Å². The van der Waals surface area contributed by atoms with Crippen LogP contribution in [0, 0.1) is 23.1 Å². The molecular weight excluding hydrogens is 245 g/mol. The third-order valence-electron chi connectivity index (χ3n) is 3.08. The number of nitrogens with one attached hydrogen (secondary N) is 2.